The SMILES string of the molecule is C[C@@H](Nc1nc(Cl)nc2c1ccn2[C@@H]1O[C@H](COCP(=O)(O)O)[C@@H](O)[C@H]1O)c1ccc(C(F)(F)F)cc1. The molecule has 0 unspecified atom stereocenters. The summed E-state index contributed by atoms with van der Waals surface area (Å²) in [6.45, 7) is 1.34. The third kappa shape index (κ3) is 6.24. The number of nitrogens with one attached hydrogen (secondary N) is 1. The molecule has 0 bridgehead atoms. The molecule has 0 spiro atoms. The van der Waals surface area contributed by atoms with Gasteiger partial charge < -0.3 is 39.4 Å². The van der Waals surface area contributed by atoms with Crippen molar-refractivity contribution < 1.29 is 47.2 Å². The zero-order valence-electron chi connectivity index (χ0n) is 19.1. The number of fused-ring (bicyclic) bond motifs is 1. The summed E-state index contributed by atoms with van der Waals surface area (Å²) in [6, 6.07) is 5.81. The van der Waals surface area contributed by atoms with Crippen molar-refractivity contribution in [2.24, 2.45) is 0 Å². The predicted molar refractivity (Wildman–Crippen MR) is 125 cm³/mol. The molecule has 3 heterocycles. The largest absolute Gasteiger partial charge is 0.416 e. The Balaban J connectivity index is 1.55. The van der Waals surface area contributed by atoms with Crippen LogP contribution in [0.4, 0.5) is 19.0 Å². The van der Waals surface area contributed by atoms with Crippen LogP contribution in [0.3, 0.4) is 0 Å². The molecule has 0 amide bonds. The summed E-state index contributed by atoms with van der Waals surface area (Å²) in [4.78, 5) is 26.2. The van der Waals surface area contributed by atoms with Crippen LogP contribution in [0, 0.1) is 0 Å². The van der Waals surface area contributed by atoms with Crippen LogP contribution in [-0.4, -0.2) is 65.8 Å². The first-order chi connectivity index (χ1) is 17.2. The summed E-state index contributed by atoms with van der Waals surface area (Å²) in [6.07, 6.45) is -8.88. The number of aromatic nitrogens is 3. The molecule has 4 rings (SSSR count). The van der Waals surface area contributed by atoms with E-state index < -0.39 is 56.3 Å². The molecule has 1 saturated heterocycles. The van der Waals surface area contributed by atoms with E-state index in [0.717, 1.165) is 12.1 Å². The van der Waals surface area contributed by atoms with Gasteiger partial charge in [-0.2, -0.15) is 18.2 Å². The Bertz CT molecular complexity index is 1300. The van der Waals surface area contributed by atoms with E-state index >= 15 is 0 Å². The van der Waals surface area contributed by atoms with Crippen LogP contribution in [0.2, 0.25) is 5.28 Å². The minimum atomic E-state index is -4.45. The average Bonchev–Trinajstić information content (AvgIpc) is 3.34. The van der Waals surface area contributed by atoms with Gasteiger partial charge in [0.2, 0.25) is 5.28 Å². The lowest BCUT2D eigenvalue weighted by atomic mass is 10.1. The molecule has 5 N–H and O–H groups in total. The Morgan fingerprint density at radius 1 is 1.19 bits per heavy atom. The van der Waals surface area contributed by atoms with Crippen LogP contribution in [-0.2, 0) is 20.2 Å². The lowest BCUT2D eigenvalue weighted by molar-refractivity contribution is -0.137. The second-order valence-electron chi connectivity index (χ2n) is 8.50. The molecule has 0 radical (unpaired) electrons. The summed E-state index contributed by atoms with van der Waals surface area (Å²) in [5, 5.41) is 24.3. The topological polar surface area (TPSA) is 159 Å². The van der Waals surface area contributed by atoms with Crippen molar-refractivity contribution in [1.82, 2.24) is 14.5 Å². The van der Waals surface area contributed by atoms with Crippen molar-refractivity contribution in [3.63, 3.8) is 0 Å². The summed E-state index contributed by atoms with van der Waals surface area (Å²) >= 11 is 6.12. The first-order valence-corrected chi connectivity index (χ1v) is 13.0. The van der Waals surface area contributed by atoms with Gasteiger partial charge in [0.25, 0.3) is 0 Å². The van der Waals surface area contributed by atoms with Crippen molar-refractivity contribution in [2.45, 2.75) is 43.7 Å². The van der Waals surface area contributed by atoms with Gasteiger partial charge in [-0.05, 0) is 42.3 Å². The lowest BCUT2D eigenvalue weighted by Gasteiger charge is -2.19. The Kier molecular flexibility index (Phi) is 7.84. The second-order valence-corrected chi connectivity index (χ2v) is 10.4. The molecule has 0 aliphatic carbocycles. The third-order valence-corrected chi connectivity index (χ3v) is 6.48. The van der Waals surface area contributed by atoms with Gasteiger partial charge >= 0.3 is 13.8 Å². The van der Waals surface area contributed by atoms with E-state index in [2.05, 4.69) is 15.3 Å². The molecule has 2 aromatic heterocycles. The van der Waals surface area contributed by atoms with E-state index in [-0.39, 0.29) is 23.4 Å². The monoisotopic (exact) mass is 566 g/mol. The first-order valence-electron chi connectivity index (χ1n) is 10.9. The molecule has 3 aromatic rings. The fourth-order valence-electron chi connectivity index (χ4n) is 3.96. The van der Waals surface area contributed by atoms with Crippen molar-refractivity contribution in [1.29, 1.82) is 0 Å². The number of alkyl halides is 3. The molecule has 1 aliphatic heterocycles. The Labute approximate surface area is 213 Å². The number of aliphatic hydroxyl groups is 2. The number of hydrogen-bond donors (Lipinski definition) is 5. The smallest absolute Gasteiger partial charge is 0.387 e. The number of ether oxygens (including phenoxy) is 2. The van der Waals surface area contributed by atoms with Crippen LogP contribution in [0.15, 0.2) is 36.5 Å². The molecule has 16 heteroatoms. The highest BCUT2D eigenvalue weighted by atomic mass is 35.5. The third-order valence-electron chi connectivity index (χ3n) is 5.79. The number of nitrogens with zero attached hydrogens (tertiary/aromatic N) is 3. The zero-order valence-corrected chi connectivity index (χ0v) is 20.7. The van der Waals surface area contributed by atoms with Gasteiger partial charge in [-0.15, -0.1) is 0 Å². The predicted octanol–water partition coefficient (Wildman–Crippen LogP) is 3.05. The van der Waals surface area contributed by atoms with Gasteiger partial charge in [-0.25, -0.2) is 4.98 Å². The van der Waals surface area contributed by atoms with Gasteiger partial charge in [-0.3, -0.25) is 4.57 Å². The molecule has 5 atom stereocenters. The summed E-state index contributed by atoms with van der Waals surface area (Å²) in [5.74, 6) is 0.274. The molecule has 1 fully saturated rings. The van der Waals surface area contributed by atoms with E-state index in [0.29, 0.717) is 10.9 Å². The molecule has 11 nitrogen and oxygen atoms in total. The van der Waals surface area contributed by atoms with E-state index in [4.69, 9.17) is 30.9 Å². The minimum Gasteiger partial charge on any atom is -0.387 e. The first kappa shape index (κ1) is 27.7. The van der Waals surface area contributed by atoms with Gasteiger partial charge in [0.05, 0.1) is 17.6 Å². The summed E-state index contributed by atoms with van der Waals surface area (Å²) in [7, 11) is -4.42. The fourth-order valence-corrected chi connectivity index (χ4v) is 4.46. The maximum atomic E-state index is 12.9. The molecule has 1 aliphatic rings. The number of rotatable bonds is 8. The van der Waals surface area contributed by atoms with Crippen LogP contribution in [0.5, 0.6) is 0 Å². The summed E-state index contributed by atoms with van der Waals surface area (Å²) < 4.78 is 61.6. The average molecular weight is 567 g/mol. The van der Waals surface area contributed by atoms with Gasteiger partial charge in [-0.1, -0.05) is 12.1 Å². The highest BCUT2D eigenvalue weighted by Gasteiger charge is 2.44. The van der Waals surface area contributed by atoms with Crippen LogP contribution in [0.25, 0.3) is 11.0 Å². The number of benzene rings is 1. The highest BCUT2D eigenvalue weighted by molar-refractivity contribution is 7.51. The number of hydrogen-bond acceptors (Lipinski definition) is 8. The molecule has 0 saturated carbocycles. The molecule has 37 heavy (non-hydrogen) atoms. The van der Waals surface area contributed by atoms with Crippen molar-refractivity contribution in [3.05, 3.63) is 52.9 Å². The second kappa shape index (κ2) is 10.5. The molecule has 1 aromatic carbocycles. The van der Waals surface area contributed by atoms with Gasteiger partial charge in [0.15, 0.2) is 6.23 Å². The highest BCUT2D eigenvalue weighted by Crippen LogP contribution is 2.37. The standard InChI is InChI=1S/C21H23ClF3N4O7P/c1-10(11-2-4-12(5-3-11)21(23,24)25)26-17-13-6-7-29(18(13)28-20(22)27-17)19-16(31)15(30)14(36-19)8-35-9-37(32,33)34/h2-7,10,14-16,19,30-31H,8-9H2,1H3,(H,26,27,28)(H2,32,33,34)/t10-,14-,15-,16-,19-/m1/s1. The van der Waals surface area contributed by atoms with E-state index in [1.165, 1.54) is 22.9 Å². The van der Waals surface area contributed by atoms with Gasteiger partial charge in [0.1, 0.15) is 36.1 Å². The fraction of sp³-hybridized carbons (Fsp3) is 0.429. The van der Waals surface area contributed by atoms with Crippen molar-refractivity contribution in [3.8, 4) is 0 Å². The molecule has 202 valence electrons. The Morgan fingerprint density at radius 3 is 2.49 bits per heavy atom. The van der Waals surface area contributed by atoms with E-state index in [9.17, 15) is 27.9 Å². The van der Waals surface area contributed by atoms with Crippen LogP contribution < -0.4 is 5.32 Å². The van der Waals surface area contributed by atoms with E-state index in [1.54, 1.807) is 13.0 Å². The van der Waals surface area contributed by atoms with Crippen molar-refractivity contribution in [2.75, 3.05) is 18.3 Å². The number of aliphatic hydroxyl groups excluding tert-OH is 2. The minimum absolute atomic E-state index is 0.163. The molecular formula is C21H23ClF3N4O7P. The van der Waals surface area contributed by atoms with Gasteiger partial charge in [0, 0.05) is 12.2 Å². The number of halogens is 4. The van der Waals surface area contributed by atoms with Crippen LogP contribution in [0.1, 0.15) is 30.3 Å². The quantitative estimate of drug-likeness (QED) is 0.203. The Hall–Kier alpha value is -2.29. The zero-order chi connectivity index (χ0) is 27.1. The van der Waals surface area contributed by atoms with E-state index in [1.807, 2.05) is 0 Å². The maximum absolute atomic E-state index is 12.9. The van der Waals surface area contributed by atoms with Crippen molar-refractivity contribution >= 4 is 36.0 Å². The summed E-state index contributed by atoms with van der Waals surface area (Å²) in [5.41, 5.74) is 0.0250. The molecular weight excluding hydrogens is 544 g/mol. The Morgan fingerprint density at radius 2 is 1.86 bits per heavy atom. The van der Waals surface area contributed by atoms with Crippen LogP contribution >= 0.6 is 19.2 Å². The lowest BCUT2D eigenvalue weighted by Crippen LogP contribution is -2.33. The maximum Gasteiger partial charge on any atom is 0.416 e. The normalized spacial score (nSPS) is 23.5. The number of anilines is 1.